The van der Waals surface area contributed by atoms with Crippen LogP contribution in [0.25, 0.3) is 5.76 Å². The first kappa shape index (κ1) is 25.6. The fourth-order valence-corrected chi connectivity index (χ4v) is 4.24. The van der Waals surface area contributed by atoms with Gasteiger partial charge >= 0.3 is 0 Å². The van der Waals surface area contributed by atoms with Gasteiger partial charge in [0.25, 0.3) is 11.7 Å². The third-order valence-corrected chi connectivity index (χ3v) is 6.12. The number of phenols is 1. The first-order valence-corrected chi connectivity index (χ1v) is 11.6. The summed E-state index contributed by atoms with van der Waals surface area (Å²) in [6.45, 7) is 7.23. The minimum atomic E-state index is -0.841. The molecule has 7 nitrogen and oxygen atoms in total. The average molecular weight is 487 g/mol. The van der Waals surface area contributed by atoms with Crippen molar-refractivity contribution in [3.63, 3.8) is 0 Å². The lowest BCUT2D eigenvalue weighted by Gasteiger charge is -2.27. The Morgan fingerprint density at radius 3 is 2.47 bits per heavy atom. The predicted octanol–water partition coefficient (Wildman–Crippen LogP) is 4.55. The van der Waals surface area contributed by atoms with Gasteiger partial charge in [0.05, 0.1) is 23.2 Å². The standard InChI is InChI=1S/C26H31ClN2O5/c1-6-34-21-10-8-17(13-18(21)15(2)3)24(31)22-23(16-7-9-20(30)19(27)14-16)29(12-11-28(4)5)26(33)25(22)32/h7-10,13-15,23,30-31H,6,11-12H2,1-5H3/b24-22-. The zero-order valence-electron chi connectivity index (χ0n) is 20.1. The number of aromatic hydroxyl groups is 1. The minimum Gasteiger partial charge on any atom is -0.507 e. The summed E-state index contributed by atoms with van der Waals surface area (Å²) in [6.07, 6.45) is 0. The number of likely N-dealkylation sites (tertiary alicyclic amines) is 1. The van der Waals surface area contributed by atoms with E-state index >= 15 is 0 Å². The zero-order chi connectivity index (χ0) is 25.2. The van der Waals surface area contributed by atoms with Gasteiger partial charge in [-0.1, -0.05) is 31.5 Å². The molecule has 3 rings (SSSR count). The number of carbonyl (C=O) groups is 2. The van der Waals surface area contributed by atoms with Crippen molar-refractivity contribution >= 4 is 29.1 Å². The van der Waals surface area contributed by atoms with Gasteiger partial charge in [0.2, 0.25) is 0 Å². The Balaban J connectivity index is 2.19. The molecule has 1 unspecified atom stereocenters. The van der Waals surface area contributed by atoms with Crippen LogP contribution in [0.15, 0.2) is 42.0 Å². The maximum Gasteiger partial charge on any atom is 0.295 e. The number of nitrogens with zero attached hydrogens (tertiary/aromatic N) is 2. The fourth-order valence-electron chi connectivity index (χ4n) is 4.05. The van der Waals surface area contributed by atoms with Gasteiger partial charge in [0, 0.05) is 18.7 Å². The van der Waals surface area contributed by atoms with Gasteiger partial charge in [0.1, 0.15) is 17.3 Å². The molecule has 0 aromatic heterocycles. The van der Waals surface area contributed by atoms with Crippen LogP contribution >= 0.6 is 11.6 Å². The van der Waals surface area contributed by atoms with E-state index in [1.165, 1.54) is 17.0 Å². The van der Waals surface area contributed by atoms with Crippen LogP contribution in [0.5, 0.6) is 11.5 Å². The highest BCUT2D eigenvalue weighted by atomic mass is 35.5. The van der Waals surface area contributed by atoms with Crippen molar-refractivity contribution < 1.29 is 24.5 Å². The van der Waals surface area contributed by atoms with E-state index in [-0.39, 0.29) is 34.6 Å². The van der Waals surface area contributed by atoms with Gasteiger partial charge in [-0.05, 0) is 68.4 Å². The van der Waals surface area contributed by atoms with Crippen molar-refractivity contribution in [1.29, 1.82) is 0 Å². The van der Waals surface area contributed by atoms with Crippen molar-refractivity contribution in [3.8, 4) is 11.5 Å². The molecule has 2 aromatic rings. The number of carbonyl (C=O) groups excluding carboxylic acids is 2. The lowest BCUT2D eigenvalue weighted by Crippen LogP contribution is -2.35. The van der Waals surface area contributed by atoms with E-state index in [1.54, 1.807) is 24.3 Å². The molecular formula is C26H31ClN2O5. The Morgan fingerprint density at radius 1 is 1.18 bits per heavy atom. The van der Waals surface area contributed by atoms with E-state index in [4.69, 9.17) is 16.3 Å². The zero-order valence-corrected chi connectivity index (χ0v) is 20.9. The van der Waals surface area contributed by atoms with Gasteiger partial charge in [0.15, 0.2) is 0 Å². The molecular weight excluding hydrogens is 456 g/mol. The minimum absolute atomic E-state index is 0.00983. The summed E-state index contributed by atoms with van der Waals surface area (Å²) in [4.78, 5) is 29.5. The molecule has 1 saturated heterocycles. The number of hydrogen-bond acceptors (Lipinski definition) is 6. The summed E-state index contributed by atoms with van der Waals surface area (Å²) in [7, 11) is 3.74. The highest BCUT2D eigenvalue weighted by Crippen LogP contribution is 2.41. The fraction of sp³-hybridized carbons (Fsp3) is 0.385. The summed E-state index contributed by atoms with van der Waals surface area (Å²) in [6, 6.07) is 8.93. The van der Waals surface area contributed by atoms with Crippen LogP contribution in [0.3, 0.4) is 0 Å². The van der Waals surface area contributed by atoms with E-state index in [9.17, 15) is 19.8 Å². The number of benzene rings is 2. The maximum atomic E-state index is 13.2. The molecule has 1 aliphatic rings. The molecule has 34 heavy (non-hydrogen) atoms. The third-order valence-electron chi connectivity index (χ3n) is 5.82. The topological polar surface area (TPSA) is 90.3 Å². The van der Waals surface area contributed by atoms with E-state index < -0.39 is 17.7 Å². The number of rotatable bonds is 8. The van der Waals surface area contributed by atoms with Crippen LogP contribution in [0, 0.1) is 0 Å². The molecule has 0 spiro atoms. The van der Waals surface area contributed by atoms with Crippen LogP contribution in [0.1, 0.15) is 49.4 Å². The second kappa shape index (κ2) is 10.5. The Bertz CT molecular complexity index is 1130. The Morgan fingerprint density at radius 2 is 1.88 bits per heavy atom. The van der Waals surface area contributed by atoms with Gasteiger partial charge in [-0.2, -0.15) is 0 Å². The summed E-state index contributed by atoms with van der Waals surface area (Å²) in [5.74, 6) is -0.988. The van der Waals surface area contributed by atoms with E-state index in [0.29, 0.717) is 30.0 Å². The number of likely N-dealkylation sites (N-methyl/N-ethyl adjacent to an activating group) is 1. The SMILES string of the molecule is CCOc1ccc(/C(O)=C2/C(=O)C(=O)N(CCN(C)C)C2c2ccc(O)c(Cl)c2)cc1C(C)C. The molecule has 2 N–H and O–H groups in total. The molecule has 1 aliphatic heterocycles. The largest absolute Gasteiger partial charge is 0.507 e. The Kier molecular flexibility index (Phi) is 7.89. The highest BCUT2D eigenvalue weighted by molar-refractivity contribution is 6.46. The first-order valence-electron chi connectivity index (χ1n) is 11.2. The number of phenolic OH excluding ortho intramolecular Hbond substituents is 1. The van der Waals surface area contributed by atoms with Gasteiger partial charge in [-0.25, -0.2) is 0 Å². The van der Waals surface area contributed by atoms with Gasteiger partial charge in [-0.15, -0.1) is 0 Å². The summed E-state index contributed by atoms with van der Waals surface area (Å²) in [5, 5.41) is 21.3. The van der Waals surface area contributed by atoms with Crippen molar-refractivity contribution in [2.45, 2.75) is 32.7 Å². The molecule has 2 aromatic carbocycles. The summed E-state index contributed by atoms with van der Waals surface area (Å²) >= 11 is 6.15. The smallest absolute Gasteiger partial charge is 0.295 e. The van der Waals surface area contributed by atoms with Crippen LogP contribution in [0.4, 0.5) is 0 Å². The first-order chi connectivity index (χ1) is 16.1. The molecule has 1 fully saturated rings. The lowest BCUT2D eigenvalue weighted by molar-refractivity contribution is -0.140. The quantitative estimate of drug-likeness (QED) is 0.323. The van der Waals surface area contributed by atoms with Crippen molar-refractivity contribution in [3.05, 3.63) is 63.7 Å². The molecule has 0 aliphatic carbocycles. The third kappa shape index (κ3) is 5.05. The molecule has 0 bridgehead atoms. The normalized spacial score (nSPS) is 17.8. The van der Waals surface area contributed by atoms with Crippen LogP contribution in [-0.2, 0) is 9.59 Å². The number of hydrogen-bond donors (Lipinski definition) is 2. The summed E-state index contributed by atoms with van der Waals surface area (Å²) in [5.41, 5.74) is 1.83. The number of halogens is 1. The highest BCUT2D eigenvalue weighted by Gasteiger charge is 2.46. The number of Topliss-reactive ketones (excluding diaryl/α,β-unsaturated/α-hetero) is 1. The molecule has 0 saturated carbocycles. The molecule has 1 amide bonds. The second-order valence-electron chi connectivity index (χ2n) is 8.85. The number of amides is 1. The molecule has 1 atom stereocenters. The van der Waals surface area contributed by atoms with E-state index in [2.05, 4.69) is 0 Å². The molecule has 182 valence electrons. The van der Waals surface area contributed by atoms with Crippen LogP contribution < -0.4 is 4.74 Å². The number of ether oxygens (including phenoxy) is 1. The molecule has 0 radical (unpaired) electrons. The van der Waals surface area contributed by atoms with Crippen molar-refractivity contribution in [1.82, 2.24) is 9.80 Å². The van der Waals surface area contributed by atoms with Gasteiger partial charge < -0.3 is 24.7 Å². The van der Waals surface area contributed by atoms with Gasteiger partial charge in [-0.3, -0.25) is 9.59 Å². The lowest BCUT2D eigenvalue weighted by atomic mass is 9.93. The number of ketones is 1. The van der Waals surface area contributed by atoms with Crippen molar-refractivity contribution in [2.24, 2.45) is 0 Å². The second-order valence-corrected chi connectivity index (χ2v) is 9.25. The monoisotopic (exact) mass is 486 g/mol. The van der Waals surface area contributed by atoms with Crippen LogP contribution in [0.2, 0.25) is 5.02 Å². The van der Waals surface area contributed by atoms with E-state index in [0.717, 1.165) is 5.56 Å². The Hall–Kier alpha value is -3.03. The predicted molar refractivity (Wildman–Crippen MR) is 132 cm³/mol. The number of aliphatic hydroxyl groups is 1. The van der Waals surface area contributed by atoms with E-state index in [1.807, 2.05) is 39.8 Å². The molecule has 8 heteroatoms. The maximum absolute atomic E-state index is 13.2. The average Bonchev–Trinajstić information content (AvgIpc) is 3.04. The summed E-state index contributed by atoms with van der Waals surface area (Å²) < 4.78 is 5.71. The van der Waals surface area contributed by atoms with Crippen molar-refractivity contribution in [2.75, 3.05) is 33.8 Å². The number of aliphatic hydroxyl groups excluding tert-OH is 1. The Labute approximate surface area is 205 Å². The van der Waals surface area contributed by atoms with Crippen LogP contribution in [-0.4, -0.2) is 65.5 Å². The molecule has 1 heterocycles.